The Morgan fingerprint density at radius 1 is 1.67 bits per heavy atom. The van der Waals surface area contributed by atoms with Crippen LogP contribution >= 0.6 is 11.3 Å². The average molecular weight is 268 g/mol. The fourth-order valence-corrected chi connectivity index (χ4v) is 3.42. The first-order chi connectivity index (χ1) is 8.69. The van der Waals surface area contributed by atoms with Gasteiger partial charge in [0, 0.05) is 19.1 Å². The molecule has 2 N–H and O–H groups in total. The molecule has 1 aliphatic rings. The fraction of sp³-hybridized carbons (Fsp3) is 0.615. The number of methoxy groups -OCH3 is 1. The van der Waals surface area contributed by atoms with E-state index in [0.717, 1.165) is 19.4 Å². The topological polar surface area (TPSA) is 55.6 Å². The first-order valence-electron chi connectivity index (χ1n) is 6.31. The normalized spacial score (nSPS) is 24.1. The largest absolute Gasteiger partial charge is 0.495 e. The summed E-state index contributed by atoms with van der Waals surface area (Å²) in [5, 5.41) is 1.89. The highest BCUT2D eigenvalue weighted by Gasteiger charge is 2.32. The van der Waals surface area contributed by atoms with Crippen LogP contribution in [0.1, 0.15) is 29.4 Å². The van der Waals surface area contributed by atoms with Crippen LogP contribution in [0.3, 0.4) is 0 Å². The number of nitrogens with zero attached hydrogens (tertiary/aromatic N) is 1. The van der Waals surface area contributed by atoms with Crippen LogP contribution in [-0.2, 0) is 0 Å². The minimum Gasteiger partial charge on any atom is -0.495 e. The molecule has 0 aromatic carbocycles. The van der Waals surface area contributed by atoms with Crippen molar-refractivity contribution >= 4 is 17.2 Å². The predicted molar refractivity (Wildman–Crippen MR) is 73.1 cm³/mol. The van der Waals surface area contributed by atoms with Crippen LogP contribution < -0.4 is 10.5 Å². The Hall–Kier alpha value is -1.07. The summed E-state index contributed by atoms with van der Waals surface area (Å²) in [6.45, 7) is 3.50. The molecule has 18 heavy (non-hydrogen) atoms. The second-order valence-electron chi connectivity index (χ2n) is 4.74. The third kappa shape index (κ3) is 2.37. The number of likely N-dealkylation sites (tertiary alicyclic amines) is 1. The van der Waals surface area contributed by atoms with Crippen LogP contribution in [-0.4, -0.2) is 37.0 Å². The van der Waals surface area contributed by atoms with Gasteiger partial charge in [-0.2, -0.15) is 0 Å². The Balaban J connectivity index is 2.21. The van der Waals surface area contributed by atoms with E-state index in [1.165, 1.54) is 11.3 Å². The number of amides is 1. The van der Waals surface area contributed by atoms with Crippen molar-refractivity contribution in [2.75, 3.05) is 20.2 Å². The highest BCUT2D eigenvalue weighted by atomic mass is 32.1. The summed E-state index contributed by atoms with van der Waals surface area (Å²) in [4.78, 5) is 15.2. The van der Waals surface area contributed by atoms with Gasteiger partial charge >= 0.3 is 0 Å². The number of piperidine rings is 1. The Morgan fingerprint density at radius 2 is 2.44 bits per heavy atom. The smallest absolute Gasteiger partial charge is 0.268 e. The zero-order valence-corrected chi connectivity index (χ0v) is 11.7. The van der Waals surface area contributed by atoms with Gasteiger partial charge in [0.1, 0.15) is 10.6 Å². The van der Waals surface area contributed by atoms with E-state index in [1.807, 2.05) is 16.3 Å². The lowest BCUT2D eigenvalue weighted by Crippen LogP contribution is -2.51. The van der Waals surface area contributed by atoms with Gasteiger partial charge in [-0.05, 0) is 30.2 Å². The summed E-state index contributed by atoms with van der Waals surface area (Å²) in [6.07, 6.45) is 2.20. The Bertz CT molecular complexity index is 419. The summed E-state index contributed by atoms with van der Waals surface area (Å²) in [6, 6.07) is 1.99. The van der Waals surface area contributed by atoms with Crippen molar-refractivity contribution < 1.29 is 9.53 Å². The lowest BCUT2D eigenvalue weighted by molar-refractivity contribution is 0.0534. The van der Waals surface area contributed by atoms with Gasteiger partial charge in [-0.25, -0.2) is 0 Å². The van der Waals surface area contributed by atoms with Crippen LogP contribution in [0.5, 0.6) is 5.75 Å². The molecule has 0 saturated carbocycles. The molecule has 5 heteroatoms. The molecular formula is C13H20N2O2S. The lowest BCUT2D eigenvalue weighted by atomic mass is 9.90. The molecule has 1 aromatic heterocycles. The first-order valence-corrected chi connectivity index (χ1v) is 7.19. The number of thiophene rings is 1. The molecule has 0 bridgehead atoms. The second kappa shape index (κ2) is 5.71. The molecular weight excluding hydrogens is 248 g/mol. The van der Waals surface area contributed by atoms with Crippen molar-refractivity contribution in [2.24, 2.45) is 11.7 Å². The number of ether oxygens (including phenoxy) is 1. The Morgan fingerprint density at radius 3 is 3.11 bits per heavy atom. The number of hydrogen-bond acceptors (Lipinski definition) is 4. The molecule has 0 radical (unpaired) electrons. The van der Waals surface area contributed by atoms with E-state index < -0.39 is 0 Å². The molecule has 100 valence electrons. The Kier molecular flexibility index (Phi) is 4.24. The van der Waals surface area contributed by atoms with Crippen LogP contribution in [0.15, 0.2) is 11.4 Å². The average Bonchev–Trinajstić information content (AvgIpc) is 2.85. The summed E-state index contributed by atoms with van der Waals surface area (Å²) in [5.74, 6) is 1.20. The monoisotopic (exact) mass is 268 g/mol. The van der Waals surface area contributed by atoms with E-state index in [0.29, 0.717) is 23.1 Å². The maximum atomic E-state index is 12.6. The van der Waals surface area contributed by atoms with Gasteiger partial charge in [0.2, 0.25) is 0 Å². The number of rotatable bonds is 3. The molecule has 0 aliphatic carbocycles. The van der Waals surface area contributed by atoms with Gasteiger partial charge in [-0.3, -0.25) is 4.79 Å². The predicted octanol–water partition coefficient (Wildman–Crippen LogP) is 1.96. The first kappa shape index (κ1) is 13.4. The zero-order chi connectivity index (χ0) is 13.1. The maximum Gasteiger partial charge on any atom is 0.268 e. The van der Waals surface area contributed by atoms with Crippen molar-refractivity contribution in [2.45, 2.75) is 25.8 Å². The van der Waals surface area contributed by atoms with Gasteiger partial charge in [-0.1, -0.05) is 6.92 Å². The number of carbonyl (C=O) groups excluding carboxylic acids is 1. The molecule has 1 amide bonds. The summed E-state index contributed by atoms with van der Waals surface area (Å²) in [7, 11) is 1.60. The van der Waals surface area contributed by atoms with Gasteiger partial charge in [0.15, 0.2) is 0 Å². The van der Waals surface area contributed by atoms with E-state index in [-0.39, 0.29) is 11.9 Å². The van der Waals surface area contributed by atoms with Crippen LogP contribution in [0.4, 0.5) is 0 Å². The highest BCUT2D eigenvalue weighted by molar-refractivity contribution is 7.12. The zero-order valence-electron chi connectivity index (χ0n) is 10.9. The van der Waals surface area contributed by atoms with Crippen molar-refractivity contribution in [1.29, 1.82) is 0 Å². The SMILES string of the molecule is COc1ccsc1C(=O)N1CCC[C@@H](C)[C@H]1CN. The van der Waals surface area contributed by atoms with Crippen LogP contribution in [0, 0.1) is 5.92 Å². The summed E-state index contributed by atoms with van der Waals surface area (Å²) in [5.41, 5.74) is 5.82. The van der Waals surface area contributed by atoms with Gasteiger partial charge < -0.3 is 15.4 Å². The van der Waals surface area contributed by atoms with Crippen molar-refractivity contribution in [3.63, 3.8) is 0 Å². The maximum absolute atomic E-state index is 12.6. The molecule has 0 spiro atoms. The van der Waals surface area contributed by atoms with Gasteiger partial charge in [0.05, 0.1) is 7.11 Å². The number of hydrogen-bond donors (Lipinski definition) is 1. The summed E-state index contributed by atoms with van der Waals surface area (Å²) >= 11 is 1.43. The van der Waals surface area contributed by atoms with Crippen LogP contribution in [0.25, 0.3) is 0 Å². The molecule has 1 aliphatic heterocycles. The van der Waals surface area contributed by atoms with Crippen molar-refractivity contribution in [1.82, 2.24) is 4.90 Å². The van der Waals surface area contributed by atoms with E-state index in [2.05, 4.69) is 6.92 Å². The van der Waals surface area contributed by atoms with E-state index in [4.69, 9.17) is 10.5 Å². The fourth-order valence-electron chi connectivity index (χ4n) is 2.61. The van der Waals surface area contributed by atoms with Crippen molar-refractivity contribution in [3.05, 3.63) is 16.3 Å². The molecule has 1 aromatic rings. The van der Waals surface area contributed by atoms with Crippen LogP contribution in [0.2, 0.25) is 0 Å². The number of carbonyl (C=O) groups is 1. The molecule has 1 fully saturated rings. The van der Waals surface area contributed by atoms with E-state index in [9.17, 15) is 4.79 Å². The summed E-state index contributed by atoms with van der Waals surface area (Å²) < 4.78 is 5.22. The number of nitrogens with two attached hydrogens (primary N) is 1. The lowest BCUT2D eigenvalue weighted by Gasteiger charge is -2.39. The Labute approximate surface area is 112 Å². The molecule has 2 heterocycles. The molecule has 1 saturated heterocycles. The quantitative estimate of drug-likeness (QED) is 0.911. The molecule has 0 unspecified atom stereocenters. The van der Waals surface area contributed by atoms with Crippen molar-refractivity contribution in [3.8, 4) is 5.75 Å². The highest BCUT2D eigenvalue weighted by Crippen LogP contribution is 2.30. The molecule has 2 rings (SSSR count). The van der Waals surface area contributed by atoms with E-state index >= 15 is 0 Å². The third-order valence-electron chi connectivity index (χ3n) is 3.66. The standard InChI is InChI=1S/C13H20N2O2S/c1-9-4-3-6-15(10(9)8-14)13(16)12-11(17-2)5-7-18-12/h5,7,9-10H,3-4,6,8,14H2,1-2H3/t9-,10-/m1/s1. The second-order valence-corrected chi connectivity index (χ2v) is 5.66. The van der Waals surface area contributed by atoms with Gasteiger partial charge in [0.25, 0.3) is 5.91 Å². The third-order valence-corrected chi connectivity index (χ3v) is 4.54. The molecule has 2 atom stereocenters. The minimum absolute atomic E-state index is 0.0591. The minimum atomic E-state index is 0.0591. The van der Waals surface area contributed by atoms with E-state index in [1.54, 1.807) is 7.11 Å². The molecule has 4 nitrogen and oxygen atoms in total. The van der Waals surface area contributed by atoms with Gasteiger partial charge in [-0.15, -0.1) is 11.3 Å².